The largest absolute Gasteiger partial charge is 2.00 e. The van der Waals surface area contributed by atoms with E-state index in [0.717, 1.165) is 228 Å². The number of fused-ring (bicyclic) bond motifs is 10. The zero-order valence-electron chi connectivity index (χ0n) is 80.4. The Labute approximate surface area is 898 Å². The third kappa shape index (κ3) is 24.6. The minimum Gasteiger partial charge on any atom is -0.573 e. The summed E-state index contributed by atoms with van der Waals surface area (Å²) in [7, 11) is 0. The average Bonchev–Trinajstić information content (AvgIpc) is 1.69. The van der Waals surface area contributed by atoms with E-state index >= 15 is 0 Å². The molecule has 2 aliphatic carbocycles. The number of aromatic nitrogens is 32. The number of hydrogen-bond acceptors (Lipinski definition) is 24. The summed E-state index contributed by atoms with van der Waals surface area (Å²) in [6, 6.07) is 73.3. The molecule has 26 rings (SSSR count). The Kier molecular flexibility index (Phi) is 34.4. The van der Waals surface area contributed by atoms with E-state index in [1.54, 1.807) is 68.6 Å². The first-order valence-electron chi connectivity index (χ1n) is 46.2. The van der Waals surface area contributed by atoms with Crippen molar-refractivity contribution in [2.75, 3.05) is 0 Å². The smallest absolute Gasteiger partial charge is 0.573 e. The van der Waals surface area contributed by atoms with E-state index in [-0.39, 0.29) is 101 Å². The van der Waals surface area contributed by atoms with Crippen LogP contribution in [0, 0.1) is 20.8 Å². The molecule has 0 aliphatic heterocycles. The molecular weight excluding hydrogens is 2580 g/mol. The zero-order chi connectivity index (χ0) is 98.6. The van der Waals surface area contributed by atoms with Gasteiger partial charge in [-0.05, 0) is 138 Å². The van der Waals surface area contributed by atoms with Gasteiger partial charge in [0, 0.05) is 93.8 Å². The summed E-state index contributed by atoms with van der Waals surface area (Å²) in [5, 5.41) is 73.2. The first-order valence-corrected chi connectivity index (χ1v) is 46.2. The molecule has 0 unspecified atom stereocenters. The van der Waals surface area contributed by atoms with E-state index in [9.17, 15) is 13.2 Å². The number of aryl methyl sites for hydroxylation is 5. The van der Waals surface area contributed by atoms with Gasteiger partial charge in [-0.3, -0.25) is 0 Å². The maximum atomic E-state index is 12.5. The Bertz CT molecular complexity index is 7840. The van der Waals surface area contributed by atoms with Gasteiger partial charge in [-0.1, -0.05) is 263 Å². The predicted molar refractivity (Wildman–Crippen MR) is 539 cm³/mol. The molecule has 0 saturated heterocycles. The SMILES string of the molecule is CC(C)(C)c1cc(-c2ncnc3ccccc23)[n-]n1.CC(C)(C)c1cc(-c2ncnc3ccccc23)[n-]n1.Cc1cc(-c2ncnc3ccccc23)[n-]n1.Cc1cc(-c2ncnc3ccccc23)[n-]n1.Cc1cc(-c2ncnc3ccccc23)[n-]n1.FC(F)(F)c1cc(-c2ncnc3ccccc23)[n-]n1.[Pt+2].[Pt+2].[Pt+2].[Pt+2].c1ccc2c(-c3[n-]nc4c3CCCC4)ncnc2c1.c1ccc2c(-c3[n-]nc4c3CCCC4)ncnc2c1. The summed E-state index contributed by atoms with van der Waals surface area (Å²) in [6.07, 6.45) is 16.9. The average molecular weight is 2670 g/mol. The van der Waals surface area contributed by atoms with Crippen molar-refractivity contribution < 1.29 is 97.4 Å². The maximum Gasteiger partial charge on any atom is 2.00 e. The number of alkyl halides is 3. The van der Waals surface area contributed by atoms with Gasteiger partial charge in [0.2, 0.25) is 0 Å². The van der Waals surface area contributed by atoms with Gasteiger partial charge in [-0.2, -0.15) is 13.2 Å². The van der Waals surface area contributed by atoms with Crippen molar-refractivity contribution in [2.24, 2.45) is 0 Å². The summed E-state index contributed by atoms with van der Waals surface area (Å²) in [4.78, 5) is 68.2. The molecule has 147 heavy (non-hydrogen) atoms. The second-order valence-electron chi connectivity index (χ2n) is 35.7. The molecule has 0 spiro atoms. The Hall–Kier alpha value is -15.3. The van der Waals surface area contributed by atoms with E-state index in [4.69, 9.17) is 0 Å². The molecule has 32 nitrogen and oxygen atoms in total. The van der Waals surface area contributed by atoms with Crippen molar-refractivity contribution in [3.05, 3.63) is 338 Å². The number of hydrogen-bond donors (Lipinski definition) is 0. The number of para-hydroxylation sites is 8. The fourth-order valence-electron chi connectivity index (χ4n) is 16.5. The summed E-state index contributed by atoms with van der Waals surface area (Å²) >= 11 is 0. The van der Waals surface area contributed by atoms with E-state index in [2.05, 4.69) is 215 Å². The van der Waals surface area contributed by atoms with E-state index in [1.165, 1.54) is 43.1 Å². The number of benzene rings is 8. The van der Waals surface area contributed by atoms with Crippen molar-refractivity contribution in [3.63, 3.8) is 0 Å². The molecule has 0 bridgehead atoms. The maximum absolute atomic E-state index is 12.5. The number of nitrogens with zero attached hydrogens (tertiary/aromatic N) is 32. The molecule has 0 saturated carbocycles. The van der Waals surface area contributed by atoms with Crippen molar-refractivity contribution in [2.45, 2.75) is 131 Å². The minimum absolute atomic E-state index is 0. The minimum atomic E-state index is -4.51. The molecule has 0 N–H and O–H groups in total. The molecule has 0 atom stereocenters. The van der Waals surface area contributed by atoms with Gasteiger partial charge >= 0.3 is 90.4 Å². The van der Waals surface area contributed by atoms with Crippen molar-refractivity contribution in [3.8, 4) is 91.1 Å². The van der Waals surface area contributed by atoms with Crippen molar-refractivity contribution in [1.29, 1.82) is 0 Å². The molecule has 39 heteroatoms. The van der Waals surface area contributed by atoms with Crippen LogP contribution >= 0.6 is 0 Å². The normalized spacial score (nSPS) is 11.9. The molecule has 16 heterocycles. The quantitative estimate of drug-likeness (QED) is 0.136. The molecule has 0 radical (unpaired) electrons. The molecule has 8 aromatic carbocycles. The fourth-order valence-corrected chi connectivity index (χ4v) is 16.5. The van der Waals surface area contributed by atoms with E-state index < -0.39 is 11.9 Å². The van der Waals surface area contributed by atoms with Crippen LogP contribution in [0.3, 0.4) is 0 Å². The van der Waals surface area contributed by atoms with Gasteiger partial charge in [0.05, 0.1) is 89.7 Å². The van der Waals surface area contributed by atoms with Gasteiger partial charge in [0.1, 0.15) is 56.3 Å². The molecule has 0 amide bonds. The first-order chi connectivity index (χ1) is 69.6. The summed E-state index contributed by atoms with van der Waals surface area (Å²) in [5.74, 6) is 0. The Morgan fingerprint density at radius 3 is 0.626 bits per heavy atom. The summed E-state index contributed by atoms with van der Waals surface area (Å²) in [5.41, 5.74) is 28.1. The standard InChI is InChI=1S/2C15H13N4.2C15H15N4.C12H6F3N4.3C12H9N4.4Pt/c2*1-3-7-12-10(5-1)14(17-9-16-12)15-11-6-2-4-8-13(11)18-19-15;2*1-15(2,3)13-8-12(18-19-13)14-10-6-4-5-7-11(10)16-9-17-14;13-12(14,15)10-5-9(18-19-10)11-7-3-1-2-4-8(7)16-6-17-11;3*1-8-6-11(16-15-8)12-9-4-2-3-5-10(9)13-7-14-12;;;;/h2*1,3,5,7,9H,2,4,6,8H2;2*4-9H,1-3H3;1-6H;3*2-7H,1H3;;;;/q8*-1;4*+2. The van der Waals surface area contributed by atoms with Crippen molar-refractivity contribution >= 4 is 87.2 Å². The molecule has 742 valence electrons. The molecule has 2 aliphatic rings. The third-order valence-electron chi connectivity index (χ3n) is 23.7. The summed E-state index contributed by atoms with van der Waals surface area (Å²) < 4.78 is 37.5. The van der Waals surface area contributed by atoms with Gasteiger partial charge in [-0.15, -0.1) is 0 Å². The van der Waals surface area contributed by atoms with Gasteiger partial charge in [-0.25, -0.2) is 79.7 Å². The predicted octanol–water partition coefficient (Wildman–Crippen LogP) is 19.5. The molecule has 0 fully saturated rings. The monoisotopic (exact) mass is 2670 g/mol. The van der Waals surface area contributed by atoms with E-state index in [0.29, 0.717) is 16.6 Å². The van der Waals surface area contributed by atoms with Gasteiger partial charge in [0.25, 0.3) is 0 Å². The second kappa shape index (κ2) is 47.7. The fraction of sp³-hybridized carbons (Fsp3) is 0.185. The molecular formula is C108H89F3N32Pt4. The second-order valence-corrected chi connectivity index (χ2v) is 35.7. The molecule has 16 aromatic heterocycles. The Balaban J connectivity index is 0.000000126. The van der Waals surface area contributed by atoms with Gasteiger partial charge < -0.3 is 81.6 Å². The zero-order valence-corrected chi connectivity index (χ0v) is 89.5. The van der Waals surface area contributed by atoms with Crippen LogP contribution in [-0.2, 0) is 127 Å². The number of halogens is 3. The number of rotatable bonds is 8. The van der Waals surface area contributed by atoms with Crippen LogP contribution in [0.5, 0.6) is 0 Å². The Morgan fingerprint density at radius 1 is 0.218 bits per heavy atom. The van der Waals surface area contributed by atoms with Crippen LogP contribution < -0.4 is 40.8 Å². The van der Waals surface area contributed by atoms with Crippen LogP contribution in [0.4, 0.5) is 13.2 Å². The topological polar surface area (TPSA) is 422 Å². The first kappa shape index (κ1) is 106. The van der Waals surface area contributed by atoms with Crippen LogP contribution in [0.15, 0.2) is 281 Å². The van der Waals surface area contributed by atoms with Crippen LogP contribution in [0.1, 0.15) is 124 Å². The van der Waals surface area contributed by atoms with Crippen molar-refractivity contribution in [1.82, 2.24) is 161 Å². The van der Waals surface area contributed by atoms with Crippen LogP contribution in [-0.4, -0.2) is 121 Å². The third-order valence-corrected chi connectivity index (χ3v) is 23.7. The van der Waals surface area contributed by atoms with E-state index in [1.807, 2.05) is 209 Å². The molecule has 24 aromatic rings. The van der Waals surface area contributed by atoms with Crippen LogP contribution in [0.2, 0.25) is 0 Å². The van der Waals surface area contributed by atoms with Crippen LogP contribution in [0.25, 0.3) is 178 Å². The summed E-state index contributed by atoms with van der Waals surface area (Å²) in [6.45, 7) is 18.5. The Morgan fingerprint density at radius 2 is 0.415 bits per heavy atom. The van der Waals surface area contributed by atoms with Gasteiger partial charge in [0.15, 0.2) is 0 Å².